The maximum absolute atomic E-state index is 12.5. The van der Waals surface area contributed by atoms with Gasteiger partial charge in [-0.1, -0.05) is 6.92 Å². The van der Waals surface area contributed by atoms with Crippen molar-refractivity contribution in [3.05, 3.63) is 18.1 Å². The first kappa shape index (κ1) is 14.0. The average molecular weight is 274 g/mol. The second-order valence-electron chi connectivity index (χ2n) is 4.62. The van der Waals surface area contributed by atoms with Crippen LogP contribution in [0.3, 0.4) is 0 Å². The molecule has 1 aromatic rings. The van der Waals surface area contributed by atoms with Crippen LogP contribution in [0.15, 0.2) is 12.4 Å². The van der Waals surface area contributed by atoms with E-state index in [-0.39, 0.29) is 6.04 Å². The molecule has 4 nitrogen and oxygen atoms in total. The maximum Gasteiger partial charge on any atom is 0.405 e. The molecule has 0 aromatic carbocycles. The molecule has 7 heteroatoms. The topological polar surface area (TPSA) is 41.1 Å². The van der Waals surface area contributed by atoms with Gasteiger partial charge in [-0.05, 0) is 19.4 Å². The summed E-state index contributed by atoms with van der Waals surface area (Å²) >= 11 is 0. The molecule has 19 heavy (non-hydrogen) atoms. The number of nitrogens with one attached hydrogen (secondary N) is 1. The quantitative estimate of drug-likeness (QED) is 0.862. The van der Waals surface area contributed by atoms with Gasteiger partial charge in [0.05, 0.1) is 18.1 Å². The number of nitrogens with zero attached hydrogens (tertiary/aromatic N) is 3. The summed E-state index contributed by atoms with van der Waals surface area (Å²) in [7, 11) is 0. The van der Waals surface area contributed by atoms with E-state index in [1.54, 1.807) is 0 Å². The first-order valence-electron chi connectivity index (χ1n) is 6.34. The normalized spacial score (nSPS) is 15.6. The van der Waals surface area contributed by atoms with Gasteiger partial charge in [-0.2, -0.15) is 13.2 Å². The summed E-state index contributed by atoms with van der Waals surface area (Å²) in [6.45, 7) is 2.40. The maximum atomic E-state index is 12.5. The summed E-state index contributed by atoms with van der Waals surface area (Å²) in [4.78, 5) is 9.54. The van der Waals surface area contributed by atoms with Crippen LogP contribution in [0.2, 0.25) is 0 Å². The van der Waals surface area contributed by atoms with E-state index in [9.17, 15) is 13.2 Å². The van der Waals surface area contributed by atoms with Crippen LogP contribution < -0.4 is 10.2 Å². The predicted molar refractivity (Wildman–Crippen MR) is 65.8 cm³/mol. The molecule has 1 aromatic heterocycles. The Morgan fingerprint density at radius 3 is 2.53 bits per heavy atom. The Balaban J connectivity index is 2.05. The van der Waals surface area contributed by atoms with Gasteiger partial charge in [0.2, 0.25) is 0 Å². The fourth-order valence-electron chi connectivity index (χ4n) is 1.82. The van der Waals surface area contributed by atoms with Crippen LogP contribution in [0.1, 0.15) is 25.5 Å². The molecule has 0 amide bonds. The van der Waals surface area contributed by atoms with Gasteiger partial charge in [0, 0.05) is 12.6 Å². The second kappa shape index (κ2) is 5.73. The standard InChI is InChI=1S/C12H17F3N4/c1-2-16-5-9-6-18-11(7-17-9)19(10-3-4-10)8-12(13,14)15/h6-7,10,16H,2-5,8H2,1H3. The van der Waals surface area contributed by atoms with Gasteiger partial charge < -0.3 is 10.2 Å². The third kappa shape index (κ3) is 4.34. The summed E-state index contributed by atoms with van der Waals surface area (Å²) < 4.78 is 37.6. The van der Waals surface area contributed by atoms with E-state index in [1.807, 2.05) is 6.92 Å². The lowest BCUT2D eigenvalue weighted by Gasteiger charge is -2.24. The number of hydrogen-bond acceptors (Lipinski definition) is 4. The molecule has 1 N–H and O–H groups in total. The molecule has 0 aliphatic heterocycles. The zero-order valence-electron chi connectivity index (χ0n) is 10.7. The van der Waals surface area contributed by atoms with Crippen LogP contribution in [0.25, 0.3) is 0 Å². The lowest BCUT2D eigenvalue weighted by molar-refractivity contribution is -0.120. The van der Waals surface area contributed by atoms with Crippen molar-refractivity contribution in [2.45, 2.75) is 38.5 Å². The van der Waals surface area contributed by atoms with Crippen LogP contribution in [0, 0.1) is 0 Å². The molecule has 1 saturated carbocycles. The largest absolute Gasteiger partial charge is 0.405 e. The van der Waals surface area contributed by atoms with Crippen molar-refractivity contribution in [2.75, 3.05) is 18.0 Å². The highest BCUT2D eigenvalue weighted by Crippen LogP contribution is 2.33. The van der Waals surface area contributed by atoms with E-state index >= 15 is 0 Å². The van der Waals surface area contributed by atoms with Crippen LogP contribution in [-0.4, -0.2) is 35.3 Å². The third-order valence-electron chi connectivity index (χ3n) is 2.88. The molecule has 2 rings (SSSR count). The fourth-order valence-corrected chi connectivity index (χ4v) is 1.82. The van der Waals surface area contributed by atoms with Crippen molar-refractivity contribution in [2.24, 2.45) is 0 Å². The van der Waals surface area contributed by atoms with Crippen molar-refractivity contribution in [3.8, 4) is 0 Å². The minimum absolute atomic E-state index is 0.0458. The van der Waals surface area contributed by atoms with Crippen molar-refractivity contribution < 1.29 is 13.2 Å². The molecule has 106 valence electrons. The number of alkyl halides is 3. The molecule has 0 spiro atoms. The summed E-state index contributed by atoms with van der Waals surface area (Å²) in [5.74, 6) is 0.306. The number of anilines is 1. The minimum Gasteiger partial charge on any atom is -0.343 e. The highest BCUT2D eigenvalue weighted by Gasteiger charge is 2.38. The van der Waals surface area contributed by atoms with Gasteiger partial charge in [-0.25, -0.2) is 4.98 Å². The summed E-state index contributed by atoms with van der Waals surface area (Å²) in [6.07, 6.45) is 0.320. The van der Waals surface area contributed by atoms with E-state index in [4.69, 9.17) is 0 Å². The Morgan fingerprint density at radius 1 is 1.32 bits per heavy atom. The highest BCUT2D eigenvalue weighted by atomic mass is 19.4. The lowest BCUT2D eigenvalue weighted by atomic mass is 10.4. The molecule has 0 saturated heterocycles. The Bertz CT molecular complexity index is 400. The Morgan fingerprint density at radius 2 is 2.05 bits per heavy atom. The van der Waals surface area contributed by atoms with E-state index in [2.05, 4.69) is 15.3 Å². The summed E-state index contributed by atoms with van der Waals surface area (Å²) in [5.41, 5.74) is 0.730. The van der Waals surface area contributed by atoms with Crippen molar-refractivity contribution >= 4 is 5.82 Å². The number of hydrogen-bond donors (Lipinski definition) is 1. The monoisotopic (exact) mass is 274 g/mol. The Hall–Kier alpha value is -1.37. The molecule has 0 atom stereocenters. The first-order chi connectivity index (χ1) is 8.99. The Kier molecular flexibility index (Phi) is 4.24. The molecular formula is C12H17F3N4. The van der Waals surface area contributed by atoms with Gasteiger partial charge in [-0.3, -0.25) is 4.98 Å². The van der Waals surface area contributed by atoms with Gasteiger partial charge in [0.25, 0.3) is 0 Å². The van der Waals surface area contributed by atoms with Gasteiger partial charge in [0.15, 0.2) is 0 Å². The highest BCUT2D eigenvalue weighted by molar-refractivity contribution is 5.39. The van der Waals surface area contributed by atoms with Crippen molar-refractivity contribution in [1.29, 1.82) is 0 Å². The van der Waals surface area contributed by atoms with Crippen molar-refractivity contribution in [1.82, 2.24) is 15.3 Å². The van der Waals surface area contributed by atoms with Crippen LogP contribution in [0.5, 0.6) is 0 Å². The zero-order chi connectivity index (χ0) is 13.9. The zero-order valence-corrected chi connectivity index (χ0v) is 10.7. The third-order valence-corrected chi connectivity index (χ3v) is 2.88. The van der Waals surface area contributed by atoms with E-state index in [0.29, 0.717) is 12.4 Å². The van der Waals surface area contributed by atoms with Gasteiger partial charge in [-0.15, -0.1) is 0 Å². The molecule has 1 heterocycles. The number of halogens is 3. The first-order valence-corrected chi connectivity index (χ1v) is 6.34. The van der Waals surface area contributed by atoms with Gasteiger partial charge >= 0.3 is 6.18 Å². The molecule has 0 radical (unpaired) electrons. The van der Waals surface area contributed by atoms with E-state index in [1.165, 1.54) is 17.3 Å². The second-order valence-corrected chi connectivity index (χ2v) is 4.62. The predicted octanol–water partition coefficient (Wildman–Crippen LogP) is 2.12. The summed E-state index contributed by atoms with van der Waals surface area (Å²) in [5, 5.41) is 3.09. The molecule has 0 bridgehead atoms. The molecule has 0 unspecified atom stereocenters. The molecule has 1 aliphatic carbocycles. The minimum atomic E-state index is -4.22. The molecule has 1 aliphatic rings. The van der Waals surface area contributed by atoms with E-state index in [0.717, 1.165) is 25.1 Å². The summed E-state index contributed by atoms with van der Waals surface area (Å²) in [6, 6.07) is -0.0458. The fraction of sp³-hybridized carbons (Fsp3) is 0.667. The average Bonchev–Trinajstić information content (AvgIpc) is 3.17. The smallest absolute Gasteiger partial charge is 0.343 e. The van der Waals surface area contributed by atoms with Crippen LogP contribution >= 0.6 is 0 Å². The van der Waals surface area contributed by atoms with Crippen LogP contribution in [-0.2, 0) is 6.54 Å². The molecular weight excluding hydrogens is 257 g/mol. The van der Waals surface area contributed by atoms with Crippen LogP contribution in [0.4, 0.5) is 19.0 Å². The Labute approximate surface area is 110 Å². The lowest BCUT2D eigenvalue weighted by Crippen LogP contribution is -2.36. The number of aromatic nitrogens is 2. The SMILES string of the molecule is CCNCc1cnc(N(CC(F)(F)F)C2CC2)cn1. The molecule has 1 fully saturated rings. The van der Waals surface area contributed by atoms with E-state index < -0.39 is 12.7 Å². The van der Waals surface area contributed by atoms with Crippen molar-refractivity contribution in [3.63, 3.8) is 0 Å². The van der Waals surface area contributed by atoms with Gasteiger partial charge in [0.1, 0.15) is 12.4 Å². The number of rotatable bonds is 6.